The highest BCUT2D eigenvalue weighted by atomic mass is 19.4. The molecule has 0 heterocycles. The van der Waals surface area contributed by atoms with Gasteiger partial charge in [0.15, 0.2) is 0 Å². The highest BCUT2D eigenvalue weighted by Crippen LogP contribution is 2.17. The fourth-order valence-corrected chi connectivity index (χ4v) is 0.801. The van der Waals surface area contributed by atoms with Crippen molar-refractivity contribution in [1.29, 1.82) is 0 Å². The third kappa shape index (κ3) is 5.54. The molecule has 0 unspecified atom stereocenters. The maximum absolute atomic E-state index is 11.8. The van der Waals surface area contributed by atoms with E-state index in [4.69, 9.17) is 0 Å². The first-order valence-corrected chi connectivity index (χ1v) is 4.49. The molecule has 5 nitrogen and oxygen atoms in total. The van der Waals surface area contributed by atoms with Crippen molar-refractivity contribution >= 4 is 11.9 Å². The smallest absolute Gasteiger partial charge is 0.330 e. The van der Waals surface area contributed by atoms with E-state index in [1.54, 1.807) is 7.05 Å². The van der Waals surface area contributed by atoms with E-state index in [-0.39, 0.29) is 6.42 Å². The normalized spacial score (nSPS) is 11.1. The molecule has 1 N–H and O–H groups in total. The molecule has 0 aliphatic rings. The second-order valence-corrected chi connectivity index (χ2v) is 2.97. The minimum atomic E-state index is -5.10. The summed E-state index contributed by atoms with van der Waals surface area (Å²) >= 11 is 0. The Labute approximate surface area is 90.5 Å². The van der Waals surface area contributed by atoms with Crippen LogP contribution in [0, 0.1) is 0 Å². The van der Waals surface area contributed by atoms with E-state index in [0.29, 0.717) is 18.0 Å². The van der Waals surface area contributed by atoms with Crippen molar-refractivity contribution in [3.05, 3.63) is 0 Å². The van der Waals surface area contributed by atoms with Crippen molar-refractivity contribution in [2.24, 2.45) is 0 Å². The average molecular weight is 242 g/mol. The fraction of sp³-hybridized carbons (Fsp3) is 0.750. The molecule has 8 heteroatoms. The van der Waals surface area contributed by atoms with Crippen LogP contribution in [0.3, 0.4) is 0 Å². The number of rotatable bonds is 4. The summed E-state index contributed by atoms with van der Waals surface area (Å²) < 4.78 is 35.3. The number of amides is 1. The molecular formula is C8H13F3N2O3. The van der Waals surface area contributed by atoms with Crippen molar-refractivity contribution in [3.63, 3.8) is 0 Å². The van der Waals surface area contributed by atoms with Gasteiger partial charge in [-0.25, -0.2) is 4.79 Å². The molecule has 0 aromatic carbocycles. The van der Waals surface area contributed by atoms with E-state index >= 15 is 0 Å². The van der Waals surface area contributed by atoms with Gasteiger partial charge in [-0.3, -0.25) is 4.79 Å². The summed E-state index contributed by atoms with van der Waals surface area (Å²) in [6.07, 6.45) is -4.65. The number of nitrogens with one attached hydrogen (secondary N) is 1. The minimum absolute atomic E-state index is 0.00246. The van der Waals surface area contributed by atoms with Gasteiger partial charge in [-0.1, -0.05) is 0 Å². The van der Waals surface area contributed by atoms with Crippen molar-refractivity contribution in [2.45, 2.75) is 19.0 Å². The van der Waals surface area contributed by atoms with E-state index in [1.165, 1.54) is 0 Å². The molecule has 0 rings (SSSR count). The van der Waals surface area contributed by atoms with Crippen molar-refractivity contribution in [1.82, 2.24) is 10.4 Å². The molecule has 0 saturated carbocycles. The highest BCUT2D eigenvalue weighted by molar-refractivity contribution is 5.80. The third-order valence-electron chi connectivity index (χ3n) is 1.62. The lowest BCUT2D eigenvalue weighted by Gasteiger charge is -2.16. The second kappa shape index (κ2) is 6.31. The quantitative estimate of drug-likeness (QED) is 0.575. The Morgan fingerprint density at radius 2 is 1.94 bits per heavy atom. The Kier molecular flexibility index (Phi) is 5.79. The Morgan fingerprint density at radius 3 is 2.38 bits per heavy atom. The summed E-state index contributed by atoms with van der Waals surface area (Å²) in [5.74, 6) is -3.09. The van der Waals surface area contributed by atoms with Gasteiger partial charge in [-0.05, 0) is 20.0 Å². The standard InChI is InChI=1S/C8H13F3N2O3/c1-12-5-3-4-6(14)13(2)16-7(15)8(9,10)11/h12H,3-5H2,1-2H3. The molecule has 0 aliphatic heterocycles. The average Bonchev–Trinajstić information content (AvgIpc) is 2.16. The first kappa shape index (κ1) is 14.7. The van der Waals surface area contributed by atoms with Crippen molar-refractivity contribution in [3.8, 4) is 0 Å². The van der Waals surface area contributed by atoms with Crippen molar-refractivity contribution in [2.75, 3.05) is 20.6 Å². The van der Waals surface area contributed by atoms with E-state index < -0.39 is 18.1 Å². The number of alkyl halides is 3. The predicted octanol–water partition coefficient (Wildman–Crippen LogP) is 0.465. The Hall–Kier alpha value is -1.31. The number of carbonyl (C=O) groups is 2. The molecule has 0 saturated heterocycles. The lowest BCUT2D eigenvalue weighted by molar-refractivity contribution is -0.233. The summed E-state index contributed by atoms with van der Waals surface area (Å²) in [5, 5.41) is 3.07. The zero-order chi connectivity index (χ0) is 12.8. The minimum Gasteiger partial charge on any atom is -0.330 e. The number of hydroxylamine groups is 2. The van der Waals surface area contributed by atoms with Gasteiger partial charge in [-0.2, -0.15) is 18.2 Å². The number of nitrogens with zero attached hydrogens (tertiary/aromatic N) is 1. The van der Waals surface area contributed by atoms with Crippen LogP contribution in [0.25, 0.3) is 0 Å². The Balaban J connectivity index is 4.01. The van der Waals surface area contributed by atoms with E-state index in [2.05, 4.69) is 10.2 Å². The summed E-state index contributed by atoms with van der Waals surface area (Å²) in [6, 6.07) is 0. The Bertz CT molecular complexity index is 255. The van der Waals surface area contributed by atoms with Crippen LogP contribution in [0.5, 0.6) is 0 Å². The van der Waals surface area contributed by atoms with Crippen molar-refractivity contribution < 1.29 is 27.6 Å². The van der Waals surface area contributed by atoms with E-state index in [9.17, 15) is 22.8 Å². The van der Waals surface area contributed by atoms with Gasteiger partial charge in [0.2, 0.25) is 0 Å². The maximum atomic E-state index is 11.8. The molecule has 1 amide bonds. The molecule has 0 spiro atoms. The summed E-state index contributed by atoms with van der Waals surface area (Å²) in [5.41, 5.74) is 0. The second-order valence-electron chi connectivity index (χ2n) is 2.97. The molecular weight excluding hydrogens is 229 g/mol. The van der Waals surface area contributed by atoms with Crippen LogP contribution in [0.15, 0.2) is 0 Å². The van der Waals surface area contributed by atoms with Gasteiger partial charge >= 0.3 is 12.1 Å². The van der Waals surface area contributed by atoms with Gasteiger partial charge in [0.05, 0.1) is 0 Å². The third-order valence-corrected chi connectivity index (χ3v) is 1.62. The van der Waals surface area contributed by atoms with Crippen LogP contribution in [0.4, 0.5) is 13.2 Å². The summed E-state index contributed by atoms with van der Waals surface area (Å²) in [4.78, 5) is 25.3. The van der Waals surface area contributed by atoms with Crippen LogP contribution < -0.4 is 5.32 Å². The van der Waals surface area contributed by atoms with Crippen LogP contribution in [-0.4, -0.2) is 43.8 Å². The molecule has 16 heavy (non-hydrogen) atoms. The lowest BCUT2D eigenvalue weighted by Crippen LogP contribution is -2.36. The van der Waals surface area contributed by atoms with Crippen LogP contribution in [0.1, 0.15) is 12.8 Å². The maximum Gasteiger partial charge on any atom is 0.493 e. The lowest BCUT2D eigenvalue weighted by atomic mass is 10.3. The first-order valence-electron chi connectivity index (χ1n) is 4.49. The largest absolute Gasteiger partial charge is 0.493 e. The molecule has 0 atom stereocenters. The van der Waals surface area contributed by atoms with Gasteiger partial charge in [-0.15, -0.1) is 0 Å². The first-order chi connectivity index (χ1) is 7.29. The molecule has 0 aliphatic carbocycles. The van der Waals surface area contributed by atoms with Gasteiger partial charge < -0.3 is 10.2 Å². The molecule has 0 bridgehead atoms. The van der Waals surface area contributed by atoms with Gasteiger partial charge in [0, 0.05) is 13.5 Å². The molecule has 0 aromatic rings. The van der Waals surface area contributed by atoms with E-state index in [0.717, 1.165) is 7.05 Å². The zero-order valence-corrected chi connectivity index (χ0v) is 8.93. The van der Waals surface area contributed by atoms with Crippen LogP contribution in [-0.2, 0) is 14.4 Å². The number of carbonyl (C=O) groups excluding carboxylic acids is 2. The topological polar surface area (TPSA) is 58.6 Å². The molecule has 94 valence electrons. The monoisotopic (exact) mass is 242 g/mol. The molecule has 0 radical (unpaired) electrons. The summed E-state index contributed by atoms with van der Waals surface area (Å²) in [6.45, 7) is 0.548. The summed E-state index contributed by atoms with van der Waals surface area (Å²) in [7, 11) is 2.64. The fourth-order valence-electron chi connectivity index (χ4n) is 0.801. The molecule has 0 aromatic heterocycles. The number of halogens is 3. The zero-order valence-electron chi connectivity index (χ0n) is 8.93. The predicted molar refractivity (Wildman–Crippen MR) is 48.1 cm³/mol. The Morgan fingerprint density at radius 1 is 1.38 bits per heavy atom. The number of hydrogen-bond acceptors (Lipinski definition) is 4. The van der Waals surface area contributed by atoms with Crippen LogP contribution >= 0.6 is 0 Å². The molecule has 0 fully saturated rings. The van der Waals surface area contributed by atoms with Crippen LogP contribution in [0.2, 0.25) is 0 Å². The number of hydrogen-bond donors (Lipinski definition) is 1. The van der Waals surface area contributed by atoms with E-state index in [1.807, 2.05) is 0 Å². The van der Waals surface area contributed by atoms with Gasteiger partial charge in [0.25, 0.3) is 5.91 Å². The SMILES string of the molecule is CNCCCC(=O)N(C)OC(=O)C(F)(F)F. The van der Waals surface area contributed by atoms with Gasteiger partial charge in [0.1, 0.15) is 0 Å². The highest BCUT2D eigenvalue weighted by Gasteiger charge is 2.42.